The second-order valence-corrected chi connectivity index (χ2v) is 10.8. The maximum absolute atomic E-state index is 13.1. The van der Waals surface area contributed by atoms with Crippen molar-refractivity contribution >= 4 is 29.8 Å². The van der Waals surface area contributed by atoms with Crippen LogP contribution in [0.5, 0.6) is 0 Å². The van der Waals surface area contributed by atoms with Crippen LogP contribution in [0.2, 0.25) is 0 Å². The number of ether oxygens (including phenoxy) is 2. The van der Waals surface area contributed by atoms with Crippen molar-refractivity contribution in [2.24, 2.45) is 0 Å². The average Bonchev–Trinajstić information content (AvgIpc) is 2.98. The van der Waals surface area contributed by atoms with Crippen LogP contribution < -0.4 is 16.0 Å². The zero-order valence-electron chi connectivity index (χ0n) is 24.5. The zero-order valence-corrected chi connectivity index (χ0v) is 24.5. The van der Waals surface area contributed by atoms with Crippen molar-refractivity contribution in [1.29, 1.82) is 0 Å². The third-order valence-corrected chi connectivity index (χ3v) is 6.10. The van der Waals surface area contributed by atoms with Crippen LogP contribution in [-0.4, -0.2) is 54.1 Å². The van der Waals surface area contributed by atoms with Crippen LogP contribution in [0.3, 0.4) is 0 Å². The maximum Gasteiger partial charge on any atom is 0.408 e. The maximum atomic E-state index is 13.1. The quantitative estimate of drug-likeness (QED) is 0.217. The Morgan fingerprint density at radius 1 is 0.721 bits per heavy atom. The molecule has 10 heteroatoms. The van der Waals surface area contributed by atoms with Crippen molar-refractivity contribution in [1.82, 2.24) is 16.0 Å². The van der Waals surface area contributed by atoms with Gasteiger partial charge in [-0.3, -0.25) is 9.59 Å². The SMILES string of the molecule is CC(C)(C)OC(=O)N[C@@H](CCc1ccccc1)C(=O)NCC(=O)N[C@@H](Cc1ccccc1)C(=O)OC(=O)c1ccccc1. The normalized spacial score (nSPS) is 12.3. The van der Waals surface area contributed by atoms with E-state index in [1.807, 2.05) is 36.4 Å². The number of esters is 2. The number of hydrogen-bond acceptors (Lipinski definition) is 7. The standard InChI is InChI=1S/C33H37N3O7/c1-33(2,3)43-32(41)36-26(20-19-23-13-7-4-8-14-23)29(38)34-22-28(37)35-27(21-24-15-9-5-10-16-24)31(40)42-30(39)25-17-11-6-12-18-25/h4-18,26-27H,19-22H2,1-3H3,(H,34,38)(H,35,37)(H,36,41)/t26-,27-/m0/s1. The number of hydrogen-bond donors (Lipinski definition) is 3. The molecule has 3 amide bonds. The van der Waals surface area contributed by atoms with Crippen LogP contribution in [0.4, 0.5) is 4.79 Å². The Morgan fingerprint density at radius 2 is 1.28 bits per heavy atom. The Balaban J connectivity index is 1.64. The van der Waals surface area contributed by atoms with E-state index in [2.05, 4.69) is 16.0 Å². The minimum absolute atomic E-state index is 0.0569. The average molecular weight is 588 g/mol. The summed E-state index contributed by atoms with van der Waals surface area (Å²) >= 11 is 0. The number of benzene rings is 3. The molecule has 0 radical (unpaired) electrons. The summed E-state index contributed by atoms with van der Waals surface area (Å²) in [4.78, 5) is 63.8. The second kappa shape index (κ2) is 15.9. The number of aryl methyl sites for hydroxylation is 1. The zero-order chi connectivity index (χ0) is 31.2. The first-order valence-corrected chi connectivity index (χ1v) is 14.0. The van der Waals surface area contributed by atoms with Gasteiger partial charge in [-0.1, -0.05) is 78.9 Å². The molecule has 43 heavy (non-hydrogen) atoms. The van der Waals surface area contributed by atoms with Crippen LogP contribution in [-0.2, 0) is 36.7 Å². The molecular formula is C33H37N3O7. The third-order valence-electron chi connectivity index (χ3n) is 6.10. The summed E-state index contributed by atoms with van der Waals surface area (Å²) in [6.45, 7) is 4.64. The van der Waals surface area contributed by atoms with Gasteiger partial charge in [-0.2, -0.15) is 0 Å². The minimum Gasteiger partial charge on any atom is -0.444 e. The predicted octanol–water partition coefficient (Wildman–Crippen LogP) is 3.74. The molecule has 0 saturated carbocycles. The second-order valence-electron chi connectivity index (χ2n) is 10.8. The summed E-state index contributed by atoms with van der Waals surface area (Å²) in [5, 5.41) is 7.65. The summed E-state index contributed by atoms with van der Waals surface area (Å²) < 4.78 is 10.4. The molecule has 0 unspecified atom stereocenters. The van der Waals surface area contributed by atoms with E-state index < -0.39 is 54.1 Å². The molecule has 2 atom stereocenters. The monoisotopic (exact) mass is 587 g/mol. The van der Waals surface area contributed by atoms with Gasteiger partial charge in [0.25, 0.3) is 0 Å². The van der Waals surface area contributed by atoms with Gasteiger partial charge in [-0.15, -0.1) is 0 Å². The van der Waals surface area contributed by atoms with Crippen molar-refractivity contribution < 1.29 is 33.4 Å². The number of carbonyl (C=O) groups is 5. The largest absolute Gasteiger partial charge is 0.444 e. The van der Waals surface area contributed by atoms with Crippen molar-refractivity contribution in [3.05, 3.63) is 108 Å². The highest BCUT2D eigenvalue weighted by molar-refractivity contribution is 5.99. The topological polar surface area (TPSA) is 140 Å². The van der Waals surface area contributed by atoms with E-state index in [1.54, 1.807) is 63.2 Å². The fraction of sp³-hybridized carbons (Fsp3) is 0.303. The molecule has 226 valence electrons. The van der Waals surface area contributed by atoms with Gasteiger partial charge in [0.15, 0.2) is 0 Å². The highest BCUT2D eigenvalue weighted by Gasteiger charge is 2.28. The summed E-state index contributed by atoms with van der Waals surface area (Å²) in [6, 6.07) is 24.2. The molecule has 3 aromatic rings. The first-order valence-electron chi connectivity index (χ1n) is 14.0. The van der Waals surface area contributed by atoms with E-state index in [-0.39, 0.29) is 18.4 Å². The van der Waals surface area contributed by atoms with E-state index in [0.29, 0.717) is 6.42 Å². The van der Waals surface area contributed by atoms with E-state index in [0.717, 1.165) is 11.1 Å². The lowest BCUT2D eigenvalue weighted by Gasteiger charge is -2.23. The summed E-state index contributed by atoms with van der Waals surface area (Å²) in [5.41, 5.74) is 1.11. The minimum atomic E-state index is -1.20. The molecule has 0 aliphatic carbocycles. The van der Waals surface area contributed by atoms with E-state index >= 15 is 0 Å². The van der Waals surface area contributed by atoms with Crippen LogP contribution in [0.15, 0.2) is 91.0 Å². The number of alkyl carbamates (subject to hydrolysis) is 1. The van der Waals surface area contributed by atoms with Crippen LogP contribution >= 0.6 is 0 Å². The molecule has 0 spiro atoms. The number of amides is 3. The van der Waals surface area contributed by atoms with Crippen LogP contribution in [0, 0.1) is 0 Å². The number of carbonyl (C=O) groups excluding carboxylic acids is 5. The third kappa shape index (κ3) is 11.8. The Morgan fingerprint density at radius 3 is 1.86 bits per heavy atom. The van der Waals surface area contributed by atoms with Crippen molar-refractivity contribution in [3.8, 4) is 0 Å². The van der Waals surface area contributed by atoms with Gasteiger partial charge in [0, 0.05) is 6.42 Å². The molecule has 10 nitrogen and oxygen atoms in total. The fourth-order valence-electron chi connectivity index (χ4n) is 4.05. The highest BCUT2D eigenvalue weighted by Crippen LogP contribution is 2.10. The Hall–Kier alpha value is -4.99. The first kappa shape index (κ1) is 32.5. The lowest BCUT2D eigenvalue weighted by molar-refractivity contribution is -0.142. The summed E-state index contributed by atoms with van der Waals surface area (Å²) in [7, 11) is 0. The van der Waals surface area contributed by atoms with Crippen molar-refractivity contribution in [2.75, 3.05) is 6.54 Å². The lowest BCUT2D eigenvalue weighted by Crippen LogP contribution is -2.52. The molecule has 0 aliphatic rings. The predicted molar refractivity (Wildman–Crippen MR) is 160 cm³/mol. The summed E-state index contributed by atoms with van der Waals surface area (Å²) in [6.07, 6.45) is 0.0307. The molecule has 0 aromatic heterocycles. The molecule has 0 heterocycles. The van der Waals surface area contributed by atoms with Crippen molar-refractivity contribution in [2.45, 2.75) is 57.7 Å². The smallest absolute Gasteiger partial charge is 0.408 e. The van der Waals surface area contributed by atoms with Gasteiger partial charge in [-0.05, 0) is 56.9 Å². The van der Waals surface area contributed by atoms with E-state index in [1.165, 1.54) is 12.1 Å². The Labute approximate surface area is 251 Å². The van der Waals surface area contributed by atoms with Gasteiger partial charge < -0.3 is 25.4 Å². The van der Waals surface area contributed by atoms with Gasteiger partial charge in [0.05, 0.1) is 12.1 Å². The molecule has 0 bridgehead atoms. The van der Waals surface area contributed by atoms with Crippen molar-refractivity contribution in [3.63, 3.8) is 0 Å². The fourth-order valence-corrected chi connectivity index (χ4v) is 4.05. The molecule has 0 fully saturated rings. The molecule has 3 N–H and O–H groups in total. The van der Waals surface area contributed by atoms with E-state index in [9.17, 15) is 24.0 Å². The van der Waals surface area contributed by atoms with Gasteiger partial charge in [-0.25, -0.2) is 14.4 Å². The molecule has 0 saturated heterocycles. The first-order chi connectivity index (χ1) is 20.5. The molecule has 3 aromatic carbocycles. The Kier molecular flexibility index (Phi) is 12.0. The Bertz CT molecular complexity index is 1370. The van der Waals surface area contributed by atoms with E-state index in [4.69, 9.17) is 9.47 Å². The van der Waals surface area contributed by atoms with Gasteiger partial charge in [0.1, 0.15) is 17.7 Å². The van der Waals surface area contributed by atoms with Crippen LogP contribution in [0.1, 0.15) is 48.7 Å². The molecule has 3 rings (SSSR count). The summed E-state index contributed by atoms with van der Waals surface area (Å²) in [5.74, 6) is -3.07. The number of nitrogens with one attached hydrogen (secondary N) is 3. The van der Waals surface area contributed by atoms with Gasteiger partial charge in [0.2, 0.25) is 11.8 Å². The van der Waals surface area contributed by atoms with Gasteiger partial charge >= 0.3 is 18.0 Å². The molecule has 0 aliphatic heterocycles. The van der Waals surface area contributed by atoms with Crippen LogP contribution in [0.25, 0.3) is 0 Å². The highest BCUT2D eigenvalue weighted by atomic mass is 16.6. The molecular weight excluding hydrogens is 550 g/mol. The number of rotatable bonds is 12. The lowest BCUT2D eigenvalue weighted by atomic mass is 10.0.